The molecule has 0 saturated carbocycles. The first kappa shape index (κ1) is 35.1. The maximum absolute atomic E-state index is 9.25. The van der Waals surface area contributed by atoms with Crippen molar-refractivity contribution in [2.24, 2.45) is 0 Å². The van der Waals surface area contributed by atoms with Crippen LogP contribution in [-0.2, 0) is 16.2 Å². The summed E-state index contributed by atoms with van der Waals surface area (Å²) in [6.45, 7) is 15.8. The Bertz CT molecular complexity index is 4330. The van der Waals surface area contributed by atoms with E-state index in [4.69, 9.17) is 17.9 Å². The van der Waals surface area contributed by atoms with Crippen molar-refractivity contribution in [3.8, 4) is 62.1 Å². The summed E-state index contributed by atoms with van der Waals surface area (Å²) in [4.78, 5) is 4.88. The highest BCUT2D eigenvalue weighted by Crippen LogP contribution is 2.46. The number of hydrogen-bond donors (Lipinski definition) is 0. The molecule has 5 heteroatoms. The number of ether oxygens (including phenoxy) is 1. The largest absolute Gasteiger partial charge is 0.458 e. The standard InChI is InChI=1S/C67H60N4O/c1-65(2,3)49-35-38-68-63(41-49)71-59-28-15-14-25-55(59)56-32-31-52(43-61(56)71)72-51-24-16-23-50(42-51)69-44-70(64-53(45-19-10-8-11-20-45)26-17-27-54(64)46-21-12-9-13-22-46)60-34-30-48(40-62(60)69)47-29-33-57-58(39-47)67(6,7)37-18-36-66(57,4)5/h8-17,19-35,38-43H,18,36-37H2,1-7H3/i8D,9D,10D,11D,12D,13D,19D,20D,21D,22D. The molecule has 0 spiro atoms. The Labute approximate surface area is 437 Å². The molecule has 72 heavy (non-hydrogen) atoms. The lowest BCUT2D eigenvalue weighted by Crippen LogP contribution is -2.31. The maximum atomic E-state index is 9.25. The van der Waals surface area contributed by atoms with Gasteiger partial charge in [-0.05, 0) is 134 Å². The molecule has 1 aliphatic rings. The second-order valence-electron chi connectivity index (χ2n) is 21.3. The average Bonchev–Trinajstić information content (AvgIpc) is 4.16. The molecule has 3 heterocycles. The van der Waals surface area contributed by atoms with Crippen molar-refractivity contribution in [2.75, 3.05) is 0 Å². The number of fused-ring (bicyclic) bond motifs is 5. The summed E-state index contributed by atoms with van der Waals surface area (Å²) in [6.07, 6.45) is 8.69. The van der Waals surface area contributed by atoms with Crippen LogP contribution in [0.1, 0.15) is 98.1 Å². The molecule has 11 aromatic rings. The van der Waals surface area contributed by atoms with E-state index in [2.05, 4.69) is 114 Å². The Morgan fingerprint density at radius 1 is 0.583 bits per heavy atom. The van der Waals surface area contributed by atoms with E-state index in [0.29, 0.717) is 28.2 Å². The first-order valence-corrected chi connectivity index (χ1v) is 24.7. The first-order chi connectivity index (χ1) is 38.9. The smallest absolute Gasteiger partial charge is 0.269 e. The molecule has 0 unspecified atom stereocenters. The normalized spacial score (nSPS) is 16.3. The van der Waals surface area contributed by atoms with Crippen molar-refractivity contribution in [2.45, 2.75) is 84.0 Å². The molecule has 0 atom stereocenters. The highest BCUT2D eigenvalue weighted by atomic mass is 16.5. The Hall–Kier alpha value is -8.02. The molecule has 0 amide bonds. The van der Waals surface area contributed by atoms with Crippen molar-refractivity contribution in [1.82, 2.24) is 14.1 Å². The van der Waals surface area contributed by atoms with Gasteiger partial charge >= 0.3 is 0 Å². The van der Waals surface area contributed by atoms with E-state index in [0.717, 1.165) is 63.6 Å². The highest BCUT2D eigenvalue weighted by Gasteiger charge is 2.34. The Balaban J connectivity index is 1.09. The molecule has 0 bridgehead atoms. The number of para-hydroxylation sites is 2. The molecule has 0 radical (unpaired) electrons. The molecular weight excluding hydrogens is 877 g/mol. The van der Waals surface area contributed by atoms with Gasteiger partial charge in [0.1, 0.15) is 17.3 Å². The summed E-state index contributed by atoms with van der Waals surface area (Å²) in [5.41, 5.74) is 9.54. The molecule has 354 valence electrons. The molecule has 0 N–H and O–H groups in total. The van der Waals surface area contributed by atoms with Gasteiger partial charge in [0.2, 0.25) is 0 Å². The molecule has 12 rings (SSSR count). The van der Waals surface area contributed by atoms with Gasteiger partial charge in [0.25, 0.3) is 6.33 Å². The van der Waals surface area contributed by atoms with E-state index < -0.39 is 60.4 Å². The molecule has 1 aliphatic carbocycles. The van der Waals surface area contributed by atoms with Gasteiger partial charge < -0.3 is 4.74 Å². The third-order valence-electron chi connectivity index (χ3n) is 14.7. The number of rotatable bonds is 8. The average molecular weight is 947 g/mol. The second-order valence-corrected chi connectivity index (χ2v) is 21.3. The number of benzene rings is 8. The van der Waals surface area contributed by atoms with Crippen molar-refractivity contribution in [3.63, 3.8) is 0 Å². The van der Waals surface area contributed by atoms with Crippen LogP contribution in [0.3, 0.4) is 0 Å². The molecule has 0 fully saturated rings. The highest BCUT2D eigenvalue weighted by molar-refractivity contribution is 6.09. The molecular formula is C67H60N4O. The van der Waals surface area contributed by atoms with Gasteiger partial charge in [0.15, 0.2) is 0 Å². The van der Waals surface area contributed by atoms with Crippen LogP contribution in [0.5, 0.6) is 11.5 Å². The van der Waals surface area contributed by atoms with Crippen molar-refractivity contribution < 1.29 is 23.0 Å². The summed E-state index contributed by atoms with van der Waals surface area (Å²) in [5, 5.41) is 2.13. The van der Waals surface area contributed by atoms with Crippen LogP contribution in [0, 0.1) is 6.33 Å². The molecule has 0 saturated heterocycles. The Morgan fingerprint density at radius 3 is 1.97 bits per heavy atom. The topological polar surface area (TPSA) is 35.9 Å². The zero-order chi connectivity index (χ0) is 58.1. The van der Waals surface area contributed by atoms with E-state index in [1.807, 2.05) is 71.4 Å². The lowest BCUT2D eigenvalue weighted by atomic mass is 9.74. The van der Waals surface area contributed by atoms with Crippen LogP contribution >= 0.6 is 0 Å². The third-order valence-corrected chi connectivity index (χ3v) is 14.7. The van der Waals surface area contributed by atoms with Crippen LogP contribution < -0.4 is 9.30 Å². The molecule has 0 aliphatic heterocycles. The lowest BCUT2D eigenvalue weighted by Gasteiger charge is -2.30. The van der Waals surface area contributed by atoms with Crippen LogP contribution in [-0.4, -0.2) is 14.1 Å². The minimum absolute atomic E-state index is 0.0149. The van der Waals surface area contributed by atoms with Crippen LogP contribution in [0.2, 0.25) is 0 Å². The zero-order valence-corrected chi connectivity index (χ0v) is 41.6. The number of hydrogen-bond acceptors (Lipinski definition) is 2. The Morgan fingerprint density at radius 2 is 1.24 bits per heavy atom. The number of imidazole rings is 1. The fourth-order valence-electron chi connectivity index (χ4n) is 10.8. The fourth-order valence-corrected chi connectivity index (χ4v) is 10.8. The summed E-state index contributed by atoms with van der Waals surface area (Å²) in [5.74, 6) is 1.89. The molecule has 3 aromatic heterocycles. The van der Waals surface area contributed by atoms with E-state index in [9.17, 15) is 5.48 Å². The number of aromatic nitrogens is 4. The SMILES string of the molecule is [2H]c1c([2H])c([2H])c(-c2cccc(-c3c([2H])c([2H])c([2H])c([2H])c3[2H])c2-[n+]2[c-]n(-c3cccc(Oc4ccc5c6ccccc6n(-c6cc(C(C)(C)C)ccn6)c5c4)c3)c3cc(-c4ccc5c(c4)C(C)(C)CCCC5(C)C)ccc32)c([2H])c1[2H]. The van der Waals surface area contributed by atoms with Crippen molar-refractivity contribution in [3.05, 3.63) is 223 Å². The predicted molar refractivity (Wildman–Crippen MR) is 297 cm³/mol. The van der Waals surface area contributed by atoms with E-state index in [1.165, 1.54) is 11.1 Å². The van der Waals surface area contributed by atoms with Crippen LogP contribution in [0.15, 0.2) is 200 Å². The molecule has 5 nitrogen and oxygen atoms in total. The summed E-state index contributed by atoms with van der Waals surface area (Å²) < 4.78 is 102. The monoisotopic (exact) mass is 947 g/mol. The number of pyridine rings is 1. The zero-order valence-electron chi connectivity index (χ0n) is 51.6. The minimum Gasteiger partial charge on any atom is -0.458 e. The Kier molecular flexibility index (Phi) is 8.48. The predicted octanol–water partition coefficient (Wildman–Crippen LogP) is 17.0. The second kappa shape index (κ2) is 17.4. The van der Waals surface area contributed by atoms with Crippen LogP contribution in [0.25, 0.3) is 83.4 Å². The fraction of sp³-hybridized carbons (Fsp3) is 0.194. The van der Waals surface area contributed by atoms with Gasteiger partial charge in [0.05, 0.1) is 47.1 Å². The molecule has 8 aromatic carbocycles. The van der Waals surface area contributed by atoms with Crippen LogP contribution in [0.4, 0.5) is 0 Å². The van der Waals surface area contributed by atoms with E-state index in [-0.39, 0.29) is 44.2 Å². The maximum Gasteiger partial charge on any atom is 0.269 e. The van der Waals surface area contributed by atoms with Gasteiger partial charge in [-0.1, -0.05) is 188 Å². The van der Waals surface area contributed by atoms with E-state index >= 15 is 0 Å². The lowest BCUT2D eigenvalue weighted by molar-refractivity contribution is -0.571. The van der Waals surface area contributed by atoms with Crippen molar-refractivity contribution in [1.29, 1.82) is 0 Å². The summed E-state index contributed by atoms with van der Waals surface area (Å²) in [7, 11) is 0. The van der Waals surface area contributed by atoms with Gasteiger partial charge in [0, 0.05) is 23.0 Å². The van der Waals surface area contributed by atoms with Crippen molar-refractivity contribution >= 4 is 32.8 Å². The van der Waals surface area contributed by atoms with E-state index in [1.54, 1.807) is 22.8 Å². The number of nitrogens with zero attached hydrogens (tertiary/aromatic N) is 4. The van der Waals surface area contributed by atoms with Gasteiger partial charge in [-0.15, -0.1) is 0 Å². The third kappa shape index (κ3) is 7.98. The summed E-state index contributed by atoms with van der Waals surface area (Å²) in [6, 6.07) is 38.6. The minimum atomic E-state index is -0.567. The first-order valence-electron chi connectivity index (χ1n) is 29.7. The van der Waals surface area contributed by atoms with Gasteiger partial charge in [-0.3, -0.25) is 13.7 Å². The quantitative estimate of drug-likeness (QED) is 0.0864. The van der Waals surface area contributed by atoms with Gasteiger partial charge in [-0.2, -0.15) is 0 Å². The van der Waals surface area contributed by atoms with Gasteiger partial charge in [-0.25, -0.2) is 4.98 Å². The summed E-state index contributed by atoms with van der Waals surface area (Å²) >= 11 is 0.